The molecular weight excluding hydrogens is 204 g/mol. The Labute approximate surface area is 96.7 Å². The number of aliphatic hydroxyl groups is 1. The molecule has 1 aromatic heterocycles. The summed E-state index contributed by atoms with van der Waals surface area (Å²) in [4.78, 5) is 4.47. The van der Waals surface area contributed by atoms with Gasteiger partial charge in [0, 0.05) is 19.3 Å². The van der Waals surface area contributed by atoms with Gasteiger partial charge in [0.1, 0.15) is 5.82 Å². The van der Waals surface area contributed by atoms with Gasteiger partial charge in [0.25, 0.3) is 0 Å². The molecule has 0 unspecified atom stereocenters. The second kappa shape index (κ2) is 7.19. The van der Waals surface area contributed by atoms with E-state index >= 15 is 0 Å². The number of nitrogens with one attached hydrogen (secondary N) is 1. The Hall–Kier alpha value is -1.13. The van der Waals surface area contributed by atoms with E-state index in [1.54, 1.807) is 7.11 Å². The van der Waals surface area contributed by atoms with Crippen molar-refractivity contribution in [3.05, 3.63) is 23.4 Å². The summed E-state index contributed by atoms with van der Waals surface area (Å²) < 4.78 is 4.96. The van der Waals surface area contributed by atoms with Gasteiger partial charge in [0.05, 0.1) is 13.2 Å². The average molecular weight is 224 g/mol. The van der Waals surface area contributed by atoms with E-state index in [-0.39, 0.29) is 6.61 Å². The van der Waals surface area contributed by atoms with Crippen molar-refractivity contribution in [1.29, 1.82) is 0 Å². The molecule has 1 aromatic rings. The first-order valence-corrected chi connectivity index (χ1v) is 5.63. The third-order valence-electron chi connectivity index (χ3n) is 2.24. The van der Waals surface area contributed by atoms with E-state index in [1.165, 1.54) is 0 Å². The molecule has 0 spiro atoms. The lowest BCUT2D eigenvalue weighted by atomic mass is 10.1. The van der Waals surface area contributed by atoms with Gasteiger partial charge in [0.15, 0.2) is 0 Å². The van der Waals surface area contributed by atoms with Crippen LogP contribution in [0.2, 0.25) is 0 Å². The standard InChI is InChI=1S/C12H20N2O2/c1-3-4-11-7-10(9-15)8-12(14-11)13-5-6-16-2/h7-8,15H,3-6,9H2,1-2H3,(H,13,14). The molecule has 0 atom stereocenters. The number of ether oxygens (including phenoxy) is 1. The topological polar surface area (TPSA) is 54.4 Å². The summed E-state index contributed by atoms with van der Waals surface area (Å²) in [6.45, 7) is 3.54. The van der Waals surface area contributed by atoms with E-state index in [2.05, 4.69) is 17.2 Å². The predicted molar refractivity (Wildman–Crippen MR) is 64.5 cm³/mol. The van der Waals surface area contributed by atoms with Crippen molar-refractivity contribution in [1.82, 2.24) is 4.98 Å². The highest BCUT2D eigenvalue weighted by Gasteiger charge is 2.01. The number of anilines is 1. The van der Waals surface area contributed by atoms with Crippen molar-refractivity contribution >= 4 is 5.82 Å². The molecule has 0 bridgehead atoms. The second-order valence-electron chi connectivity index (χ2n) is 3.68. The van der Waals surface area contributed by atoms with E-state index in [0.29, 0.717) is 6.61 Å². The highest BCUT2D eigenvalue weighted by Crippen LogP contribution is 2.12. The first-order chi connectivity index (χ1) is 7.80. The van der Waals surface area contributed by atoms with Crippen LogP contribution in [-0.4, -0.2) is 30.4 Å². The number of nitrogens with zero attached hydrogens (tertiary/aromatic N) is 1. The zero-order valence-electron chi connectivity index (χ0n) is 9.99. The largest absolute Gasteiger partial charge is 0.392 e. The van der Waals surface area contributed by atoms with E-state index < -0.39 is 0 Å². The molecule has 0 saturated carbocycles. The van der Waals surface area contributed by atoms with Crippen LogP contribution in [-0.2, 0) is 17.8 Å². The predicted octanol–water partition coefficient (Wildman–Crippen LogP) is 1.58. The molecule has 2 N–H and O–H groups in total. The van der Waals surface area contributed by atoms with Gasteiger partial charge in [-0.15, -0.1) is 0 Å². The normalized spacial score (nSPS) is 10.4. The Morgan fingerprint density at radius 2 is 2.25 bits per heavy atom. The van der Waals surface area contributed by atoms with Gasteiger partial charge in [-0.1, -0.05) is 13.3 Å². The number of pyridine rings is 1. The number of rotatable bonds is 7. The fraction of sp³-hybridized carbons (Fsp3) is 0.583. The van der Waals surface area contributed by atoms with Gasteiger partial charge in [0.2, 0.25) is 0 Å². The third kappa shape index (κ3) is 4.16. The lowest BCUT2D eigenvalue weighted by molar-refractivity contribution is 0.210. The molecule has 0 fully saturated rings. The molecule has 16 heavy (non-hydrogen) atoms. The molecule has 0 aliphatic rings. The lowest BCUT2D eigenvalue weighted by Crippen LogP contribution is -2.10. The van der Waals surface area contributed by atoms with Crippen LogP contribution < -0.4 is 5.32 Å². The second-order valence-corrected chi connectivity index (χ2v) is 3.68. The minimum atomic E-state index is 0.0538. The number of aryl methyl sites for hydroxylation is 1. The number of aromatic nitrogens is 1. The maximum Gasteiger partial charge on any atom is 0.126 e. The summed E-state index contributed by atoms with van der Waals surface area (Å²) in [5.74, 6) is 0.812. The van der Waals surface area contributed by atoms with Crippen molar-refractivity contribution in [3.63, 3.8) is 0 Å². The van der Waals surface area contributed by atoms with E-state index in [0.717, 1.165) is 36.5 Å². The first kappa shape index (κ1) is 12.9. The Morgan fingerprint density at radius 3 is 2.88 bits per heavy atom. The van der Waals surface area contributed by atoms with Gasteiger partial charge in [-0.05, 0) is 24.1 Å². The summed E-state index contributed by atoms with van der Waals surface area (Å²) in [6, 6.07) is 3.82. The van der Waals surface area contributed by atoms with Gasteiger partial charge < -0.3 is 15.2 Å². The first-order valence-electron chi connectivity index (χ1n) is 5.63. The summed E-state index contributed by atoms with van der Waals surface area (Å²) in [6.07, 6.45) is 1.99. The van der Waals surface area contributed by atoms with Crippen LogP contribution in [0.3, 0.4) is 0 Å². The average Bonchev–Trinajstić information content (AvgIpc) is 2.29. The fourth-order valence-corrected chi connectivity index (χ4v) is 1.50. The Morgan fingerprint density at radius 1 is 1.44 bits per heavy atom. The molecular formula is C12H20N2O2. The minimum Gasteiger partial charge on any atom is -0.392 e. The molecule has 1 heterocycles. The number of aliphatic hydroxyl groups excluding tert-OH is 1. The molecule has 4 nitrogen and oxygen atoms in total. The summed E-state index contributed by atoms with van der Waals surface area (Å²) >= 11 is 0. The minimum absolute atomic E-state index is 0.0538. The molecule has 0 amide bonds. The van der Waals surface area contributed by atoms with Crippen LogP contribution in [0.5, 0.6) is 0 Å². The van der Waals surface area contributed by atoms with Gasteiger partial charge in [-0.3, -0.25) is 0 Å². The zero-order chi connectivity index (χ0) is 11.8. The summed E-state index contributed by atoms with van der Waals surface area (Å²) in [5, 5.41) is 12.3. The van der Waals surface area contributed by atoms with E-state index in [9.17, 15) is 0 Å². The lowest BCUT2D eigenvalue weighted by Gasteiger charge is -2.09. The van der Waals surface area contributed by atoms with Gasteiger partial charge in [-0.25, -0.2) is 4.98 Å². The number of methoxy groups -OCH3 is 1. The fourth-order valence-electron chi connectivity index (χ4n) is 1.50. The molecule has 0 radical (unpaired) electrons. The monoisotopic (exact) mass is 224 g/mol. The molecule has 0 saturated heterocycles. The van der Waals surface area contributed by atoms with Crippen molar-refractivity contribution in [2.24, 2.45) is 0 Å². The smallest absolute Gasteiger partial charge is 0.126 e. The van der Waals surface area contributed by atoms with Gasteiger partial charge in [-0.2, -0.15) is 0 Å². The molecule has 0 aliphatic heterocycles. The quantitative estimate of drug-likeness (QED) is 0.690. The van der Waals surface area contributed by atoms with Crippen molar-refractivity contribution < 1.29 is 9.84 Å². The van der Waals surface area contributed by atoms with Crippen LogP contribution in [0.15, 0.2) is 12.1 Å². The van der Waals surface area contributed by atoms with Crippen LogP contribution in [0, 0.1) is 0 Å². The molecule has 4 heteroatoms. The number of hydrogen-bond acceptors (Lipinski definition) is 4. The highest BCUT2D eigenvalue weighted by molar-refractivity contribution is 5.39. The van der Waals surface area contributed by atoms with E-state index in [4.69, 9.17) is 9.84 Å². The van der Waals surface area contributed by atoms with Crippen LogP contribution in [0.4, 0.5) is 5.82 Å². The third-order valence-corrected chi connectivity index (χ3v) is 2.24. The maximum absolute atomic E-state index is 9.15. The molecule has 90 valence electrons. The summed E-state index contributed by atoms with van der Waals surface area (Å²) in [7, 11) is 1.67. The Kier molecular flexibility index (Phi) is 5.82. The molecule has 0 aliphatic carbocycles. The summed E-state index contributed by atoms with van der Waals surface area (Å²) in [5.41, 5.74) is 1.92. The van der Waals surface area contributed by atoms with Crippen molar-refractivity contribution in [3.8, 4) is 0 Å². The number of hydrogen-bond donors (Lipinski definition) is 2. The molecule has 0 aromatic carbocycles. The Bertz CT molecular complexity index is 316. The van der Waals surface area contributed by atoms with Crippen LogP contribution >= 0.6 is 0 Å². The molecule has 1 rings (SSSR count). The Balaban J connectivity index is 2.69. The van der Waals surface area contributed by atoms with Crippen molar-refractivity contribution in [2.45, 2.75) is 26.4 Å². The SMILES string of the molecule is CCCc1cc(CO)cc(NCCOC)n1. The van der Waals surface area contributed by atoms with Crippen LogP contribution in [0.25, 0.3) is 0 Å². The van der Waals surface area contributed by atoms with Gasteiger partial charge >= 0.3 is 0 Å². The highest BCUT2D eigenvalue weighted by atomic mass is 16.5. The van der Waals surface area contributed by atoms with E-state index in [1.807, 2.05) is 12.1 Å². The zero-order valence-corrected chi connectivity index (χ0v) is 9.99. The van der Waals surface area contributed by atoms with Crippen LogP contribution in [0.1, 0.15) is 24.6 Å². The maximum atomic E-state index is 9.15. The van der Waals surface area contributed by atoms with Crippen molar-refractivity contribution in [2.75, 3.05) is 25.6 Å².